The average Bonchev–Trinajstić information content (AvgIpc) is 3.13. The van der Waals surface area contributed by atoms with Crippen molar-refractivity contribution >= 4 is 35.2 Å². The van der Waals surface area contributed by atoms with E-state index in [1.165, 1.54) is 0 Å². The van der Waals surface area contributed by atoms with Gasteiger partial charge in [-0.1, -0.05) is 48.0 Å². The summed E-state index contributed by atoms with van der Waals surface area (Å²) in [6.07, 6.45) is 1.70. The van der Waals surface area contributed by atoms with Crippen molar-refractivity contribution in [3.63, 3.8) is 0 Å². The van der Waals surface area contributed by atoms with E-state index in [1.54, 1.807) is 55.5 Å². The van der Waals surface area contributed by atoms with Crippen molar-refractivity contribution in [2.75, 3.05) is 6.61 Å². The van der Waals surface area contributed by atoms with Crippen LogP contribution in [-0.4, -0.2) is 29.1 Å². The molecule has 1 aliphatic heterocycles. The van der Waals surface area contributed by atoms with Gasteiger partial charge in [0.25, 0.3) is 11.8 Å². The predicted octanol–water partition coefficient (Wildman–Crippen LogP) is 5.76. The van der Waals surface area contributed by atoms with Crippen LogP contribution in [0, 0.1) is 0 Å². The molecule has 3 aromatic carbocycles. The fourth-order valence-electron chi connectivity index (χ4n) is 3.44. The summed E-state index contributed by atoms with van der Waals surface area (Å²) in [6.45, 7) is 4.40. The van der Waals surface area contributed by atoms with E-state index in [0.29, 0.717) is 46.6 Å². The van der Waals surface area contributed by atoms with Crippen molar-refractivity contribution in [3.8, 4) is 11.5 Å². The smallest absolute Gasteiger partial charge is 0.283 e. The lowest BCUT2D eigenvalue weighted by atomic mass is 10.1. The number of hydrazone groups is 1. The number of amides is 2. The number of carbonyl (C=O) groups excluding carboxylic acids is 2. The molecule has 6 nitrogen and oxygen atoms in total. The number of rotatable bonds is 7. The van der Waals surface area contributed by atoms with Gasteiger partial charge in [0.2, 0.25) is 0 Å². The fourth-order valence-corrected chi connectivity index (χ4v) is 3.56. The summed E-state index contributed by atoms with van der Waals surface area (Å²) in [5.74, 6) is 0.215. The minimum atomic E-state index is -0.465. The zero-order valence-corrected chi connectivity index (χ0v) is 19.6. The quantitative estimate of drug-likeness (QED) is 0.322. The maximum absolute atomic E-state index is 13.0. The Hall–Kier alpha value is -3.90. The van der Waals surface area contributed by atoms with Crippen molar-refractivity contribution < 1.29 is 19.1 Å². The Morgan fingerprint density at radius 1 is 1.00 bits per heavy atom. The lowest BCUT2D eigenvalue weighted by molar-refractivity contribution is -0.123. The summed E-state index contributed by atoms with van der Waals surface area (Å²) in [7, 11) is 0. The summed E-state index contributed by atoms with van der Waals surface area (Å²) in [6, 6.07) is 21.5. The van der Waals surface area contributed by atoms with Gasteiger partial charge >= 0.3 is 0 Å². The Labute approximate surface area is 203 Å². The van der Waals surface area contributed by atoms with E-state index >= 15 is 0 Å². The van der Waals surface area contributed by atoms with Gasteiger partial charge in [0.15, 0.2) is 11.5 Å². The van der Waals surface area contributed by atoms with Crippen LogP contribution in [0.4, 0.5) is 0 Å². The van der Waals surface area contributed by atoms with E-state index < -0.39 is 11.8 Å². The molecule has 1 aliphatic rings. The van der Waals surface area contributed by atoms with Gasteiger partial charge in [0.05, 0.1) is 17.9 Å². The summed E-state index contributed by atoms with van der Waals surface area (Å²) in [5, 5.41) is 5.76. The minimum absolute atomic E-state index is 0.349. The predicted molar refractivity (Wildman–Crippen MR) is 132 cm³/mol. The number of imide groups is 1. The van der Waals surface area contributed by atoms with Crippen LogP contribution in [0.5, 0.6) is 11.5 Å². The van der Waals surface area contributed by atoms with Gasteiger partial charge < -0.3 is 9.47 Å². The number of ether oxygens (including phenoxy) is 2. The standard InChI is InChI=1S/C27H23ClN2O4/c1-3-33-25-16-20(11-14-24(25)34-17-19-9-12-22(28)13-10-19)15-23-18(2)29-30(27(23)32)26(31)21-7-5-4-6-8-21/h4-16H,3,17H2,1-2H3/b23-15+. The minimum Gasteiger partial charge on any atom is -0.490 e. The third-order valence-electron chi connectivity index (χ3n) is 5.16. The van der Waals surface area contributed by atoms with Crippen LogP contribution in [-0.2, 0) is 11.4 Å². The molecule has 0 radical (unpaired) electrons. The van der Waals surface area contributed by atoms with Gasteiger partial charge in [0, 0.05) is 10.6 Å². The molecule has 4 rings (SSSR count). The monoisotopic (exact) mass is 474 g/mol. The van der Waals surface area contributed by atoms with Gasteiger partial charge in [-0.25, -0.2) is 0 Å². The molecule has 7 heteroatoms. The molecule has 0 spiro atoms. The first-order valence-electron chi connectivity index (χ1n) is 10.8. The molecule has 34 heavy (non-hydrogen) atoms. The highest BCUT2D eigenvalue weighted by Crippen LogP contribution is 2.31. The van der Waals surface area contributed by atoms with Crippen molar-refractivity contribution in [1.29, 1.82) is 0 Å². The second-order valence-electron chi connectivity index (χ2n) is 7.59. The van der Waals surface area contributed by atoms with E-state index in [2.05, 4.69) is 5.10 Å². The Kier molecular flexibility index (Phi) is 7.09. The molecule has 0 unspecified atom stereocenters. The van der Waals surface area contributed by atoms with Crippen molar-refractivity contribution in [2.45, 2.75) is 20.5 Å². The van der Waals surface area contributed by atoms with E-state index in [4.69, 9.17) is 21.1 Å². The summed E-state index contributed by atoms with van der Waals surface area (Å²) in [5.41, 5.74) is 2.92. The van der Waals surface area contributed by atoms with Crippen LogP contribution in [0.1, 0.15) is 35.3 Å². The second-order valence-corrected chi connectivity index (χ2v) is 8.02. The fraction of sp³-hybridized carbons (Fsp3) is 0.148. The molecule has 1 heterocycles. The molecule has 0 saturated carbocycles. The molecule has 0 aliphatic carbocycles. The van der Waals surface area contributed by atoms with Gasteiger partial charge in [-0.2, -0.15) is 10.1 Å². The average molecular weight is 475 g/mol. The van der Waals surface area contributed by atoms with Gasteiger partial charge in [-0.15, -0.1) is 0 Å². The number of benzene rings is 3. The highest BCUT2D eigenvalue weighted by molar-refractivity contribution is 6.31. The van der Waals surface area contributed by atoms with Gasteiger partial charge in [0.1, 0.15) is 6.61 Å². The molecule has 0 atom stereocenters. The van der Waals surface area contributed by atoms with Crippen LogP contribution in [0.3, 0.4) is 0 Å². The maximum Gasteiger partial charge on any atom is 0.283 e. The Morgan fingerprint density at radius 3 is 2.44 bits per heavy atom. The van der Waals surface area contributed by atoms with Crippen molar-refractivity contribution in [3.05, 3.63) is 100 Å². The number of nitrogens with zero attached hydrogens (tertiary/aromatic N) is 2. The molecule has 3 aromatic rings. The number of hydrogen-bond donors (Lipinski definition) is 0. The van der Waals surface area contributed by atoms with Crippen LogP contribution >= 0.6 is 11.6 Å². The molecule has 0 bridgehead atoms. The zero-order chi connectivity index (χ0) is 24.1. The summed E-state index contributed by atoms with van der Waals surface area (Å²) >= 11 is 5.94. The zero-order valence-electron chi connectivity index (χ0n) is 18.8. The number of carbonyl (C=O) groups is 2. The van der Waals surface area contributed by atoms with E-state index in [1.807, 2.05) is 37.3 Å². The second kappa shape index (κ2) is 10.4. The Bertz CT molecular complexity index is 1270. The molecule has 0 aromatic heterocycles. The normalized spacial score (nSPS) is 14.3. The van der Waals surface area contributed by atoms with Crippen molar-refractivity contribution in [2.24, 2.45) is 5.10 Å². The Balaban J connectivity index is 1.54. The highest BCUT2D eigenvalue weighted by atomic mass is 35.5. The molecular weight excluding hydrogens is 452 g/mol. The van der Waals surface area contributed by atoms with Gasteiger partial charge in [-0.05, 0) is 67.4 Å². The highest BCUT2D eigenvalue weighted by Gasteiger charge is 2.32. The largest absolute Gasteiger partial charge is 0.490 e. The van der Waals surface area contributed by atoms with Gasteiger partial charge in [-0.3, -0.25) is 9.59 Å². The topological polar surface area (TPSA) is 68.2 Å². The number of hydrogen-bond acceptors (Lipinski definition) is 5. The lowest BCUT2D eigenvalue weighted by Gasteiger charge is -2.13. The molecular formula is C27H23ClN2O4. The first-order chi connectivity index (χ1) is 16.5. The van der Waals surface area contributed by atoms with Crippen LogP contribution in [0.15, 0.2) is 83.5 Å². The van der Waals surface area contributed by atoms with E-state index in [0.717, 1.165) is 16.1 Å². The molecule has 0 N–H and O–H groups in total. The van der Waals surface area contributed by atoms with E-state index in [9.17, 15) is 9.59 Å². The SMILES string of the molecule is CCOc1cc(/C=C2/C(=O)N(C(=O)c3ccccc3)N=C2C)ccc1OCc1ccc(Cl)cc1. The molecule has 2 amide bonds. The third-order valence-corrected chi connectivity index (χ3v) is 5.41. The van der Waals surface area contributed by atoms with Crippen LogP contribution in [0.25, 0.3) is 6.08 Å². The third kappa shape index (κ3) is 5.18. The Morgan fingerprint density at radius 2 is 1.74 bits per heavy atom. The maximum atomic E-state index is 13.0. The summed E-state index contributed by atoms with van der Waals surface area (Å²) < 4.78 is 11.7. The number of halogens is 1. The van der Waals surface area contributed by atoms with Crippen molar-refractivity contribution in [1.82, 2.24) is 5.01 Å². The summed E-state index contributed by atoms with van der Waals surface area (Å²) in [4.78, 5) is 25.7. The van der Waals surface area contributed by atoms with E-state index in [-0.39, 0.29) is 0 Å². The lowest BCUT2D eigenvalue weighted by Crippen LogP contribution is -2.29. The molecule has 172 valence electrons. The van der Waals surface area contributed by atoms with Crippen LogP contribution in [0.2, 0.25) is 5.02 Å². The molecule has 0 fully saturated rings. The first-order valence-corrected chi connectivity index (χ1v) is 11.2. The first kappa shape index (κ1) is 23.3. The molecule has 0 saturated heterocycles. The van der Waals surface area contributed by atoms with Crippen LogP contribution < -0.4 is 9.47 Å².